The quantitative estimate of drug-likeness (QED) is 0.299. The van der Waals surface area contributed by atoms with E-state index in [0.29, 0.717) is 5.96 Å². The minimum atomic E-state index is 0.308. The number of aliphatic imine (C=N–C) groups is 1. The maximum absolute atomic E-state index is 5.59. The summed E-state index contributed by atoms with van der Waals surface area (Å²) in [5.74, 6) is 0.308. The highest BCUT2D eigenvalue weighted by atomic mass is 127. The molecule has 4 nitrogen and oxygen atoms in total. The van der Waals surface area contributed by atoms with Gasteiger partial charge in [-0.25, -0.2) is 5.43 Å². The van der Waals surface area contributed by atoms with Crippen molar-refractivity contribution in [2.45, 2.75) is 13.3 Å². The molecule has 1 aliphatic rings. The second kappa shape index (κ2) is 6.08. The number of guanidine groups is 1. The first-order chi connectivity index (χ1) is 10.6. The Morgan fingerprint density at radius 2 is 1.82 bits per heavy atom. The number of nitrogens with zero attached hydrogens (tertiary/aromatic N) is 2. The summed E-state index contributed by atoms with van der Waals surface area (Å²) >= 11 is 2.36. The molecular formula is C17H17IN4. The minimum absolute atomic E-state index is 0.308. The molecule has 0 spiro atoms. The third kappa shape index (κ3) is 2.85. The number of hydrogen-bond donors (Lipinski definition) is 2. The van der Waals surface area contributed by atoms with Crippen LogP contribution in [0.4, 0.5) is 0 Å². The van der Waals surface area contributed by atoms with Gasteiger partial charge in [0.05, 0.1) is 5.71 Å². The summed E-state index contributed by atoms with van der Waals surface area (Å²) in [5, 5.41) is 4.26. The zero-order chi connectivity index (χ0) is 15.7. The normalized spacial score (nSPS) is 13.8. The molecule has 0 aromatic heterocycles. The summed E-state index contributed by atoms with van der Waals surface area (Å²) in [6.45, 7) is 1.96. The highest BCUT2D eigenvalue weighted by Gasteiger charge is 2.19. The average Bonchev–Trinajstić information content (AvgIpc) is 2.88. The van der Waals surface area contributed by atoms with Crippen LogP contribution in [0.3, 0.4) is 0 Å². The fourth-order valence-electron chi connectivity index (χ4n) is 2.66. The number of hydrogen-bond acceptors (Lipinski definition) is 2. The van der Waals surface area contributed by atoms with Gasteiger partial charge in [-0.1, -0.05) is 18.2 Å². The monoisotopic (exact) mass is 404 g/mol. The molecule has 22 heavy (non-hydrogen) atoms. The smallest absolute Gasteiger partial charge is 0.209 e. The van der Waals surface area contributed by atoms with E-state index in [9.17, 15) is 0 Å². The second-order valence-corrected chi connectivity index (χ2v) is 6.51. The zero-order valence-electron chi connectivity index (χ0n) is 12.5. The van der Waals surface area contributed by atoms with E-state index in [2.05, 4.69) is 74.5 Å². The number of nitrogens with one attached hydrogen (secondary N) is 1. The fraction of sp³-hybridized carbons (Fsp3) is 0.176. The highest BCUT2D eigenvalue weighted by Crippen LogP contribution is 2.37. The molecule has 0 heterocycles. The van der Waals surface area contributed by atoms with Crippen LogP contribution in [0.5, 0.6) is 0 Å². The van der Waals surface area contributed by atoms with Crippen LogP contribution in [0.25, 0.3) is 11.1 Å². The van der Waals surface area contributed by atoms with Crippen LogP contribution in [-0.4, -0.2) is 18.7 Å². The summed E-state index contributed by atoms with van der Waals surface area (Å²) < 4.78 is 1.28. The molecule has 0 saturated heterocycles. The highest BCUT2D eigenvalue weighted by molar-refractivity contribution is 14.1. The maximum atomic E-state index is 5.59. The Hall–Kier alpha value is -1.89. The molecule has 3 N–H and O–H groups in total. The van der Waals surface area contributed by atoms with Gasteiger partial charge in [0, 0.05) is 10.6 Å². The molecule has 0 aliphatic heterocycles. The summed E-state index contributed by atoms with van der Waals surface area (Å²) in [7, 11) is 1.63. The summed E-state index contributed by atoms with van der Waals surface area (Å²) in [4.78, 5) is 3.82. The lowest BCUT2D eigenvalue weighted by Gasteiger charge is -2.06. The van der Waals surface area contributed by atoms with Crippen molar-refractivity contribution >= 4 is 34.3 Å². The van der Waals surface area contributed by atoms with E-state index in [1.54, 1.807) is 7.05 Å². The van der Waals surface area contributed by atoms with Gasteiger partial charge in [0.25, 0.3) is 0 Å². The van der Waals surface area contributed by atoms with Crippen molar-refractivity contribution < 1.29 is 0 Å². The zero-order valence-corrected chi connectivity index (χ0v) is 14.7. The topological polar surface area (TPSA) is 62.8 Å². The molecule has 2 aromatic rings. The maximum Gasteiger partial charge on any atom is 0.209 e. The van der Waals surface area contributed by atoms with Gasteiger partial charge in [0.1, 0.15) is 0 Å². The lowest BCUT2D eigenvalue weighted by molar-refractivity contribution is 0.997. The fourth-order valence-corrected chi connectivity index (χ4v) is 3.22. The number of fused-ring (bicyclic) bond motifs is 3. The van der Waals surface area contributed by atoms with Crippen molar-refractivity contribution in [3.8, 4) is 11.1 Å². The molecule has 1 aliphatic carbocycles. The van der Waals surface area contributed by atoms with Gasteiger partial charge < -0.3 is 5.73 Å². The van der Waals surface area contributed by atoms with Gasteiger partial charge in [-0.05, 0) is 82.0 Å². The Kier molecular flexibility index (Phi) is 4.15. The Balaban J connectivity index is 1.91. The van der Waals surface area contributed by atoms with Gasteiger partial charge >= 0.3 is 0 Å². The van der Waals surface area contributed by atoms with E-state index < -0.39 is 0 Å². The molecule has 5 heteroatoms. The molecule has 0 fully saturated rings. The van der Waals surface area contributed by atoms with E-state index >= 15 is 0 Å². The summed E-state index contributed by atoms with van der Waals surface area (Å²) in [6, 6.07) is 13.1. The summed E-state index contributed by atoms with van der Waals surface area (Å²) in [5.41, 5.74) is 15.7. The van der Waals surface area contributed by atoms with Crippen LogP contribution in [0, 0.1) is 3.57 Å². The molecule has 0 amide bonds. The number of rotatable bonds is 2. The molecule has 0 radical (unpaired) electrons. The van der Waals surface area contributed by atoms with Crippen molar-refractivity contribution in [3.63, 3.8) is 0 Å². The first-order valence-electron chi connectivity index (χ1n) is 7.03. The van der Waals surface area contributed by atoms with E-state index in [4.69, 9.17) is 5.73 Å². The van der Waals surface area contributed by atoms with Crippen LogP contribution in [0.15, 0.2) is 46.5 Å². The second-order valence-electron chi connectivity index (χ2n) is 5.27. The number of nitrogens with two attached hydrogens (primary N) is 1. The lowest BCUT2D eigenvalue weighted by atomic mass is 10.0. The minimum Gasteiger partial charge on any atom is -0.369 e. The SMILES string of the molecule is CN=C(N)NN=C(C)c1ccc2c(c1)Cc1cc(I)ccc1-2. The molecule has 0 unspecified atom stereocenters. The predicted octanol–water partition coefficient (Wildman–Crippen LogP) is 3.12. The molecule has 0 atom stereocenters. The van der Waals surface area contributed by atoms with Crippen LogP contribution in [-0.2, 0) is 6.42 Å². The van der Waals surface area contributed by atoms with Crippen LogP contribution >= 0.6 is 22.6 Å². The predicted molar refractivity (Wildman–Crippen MR) is 100 cm³/mol. The third-order valence-corrected chi connectivity index (χ3v) is 4.51. The van der Waals surface area contributed by atoms with Gasteiger partial charge in [-0.2, -0.15) is 5.10 Å². The van der Waals surface area contributed by atoms with Crippen molar-refractivity contribution in [1.29, 1.82) is 0 Å². The standard InChI is InChI=1S/C17H17IN4/c1-10(21-22-17(19)20-2)11-3-5-15-12(7-11)8-13-9-14(18)4-6-16(13)15/h3-7,9H,8H2,1-2H3,(H3,19,20,22). The molecule has 0 bridgehead atoms. The van der Waals surface area contributed by atoms with Crippen LogP contribution < -0.4 is 11.2 Å². The van der Waals surface area contributed by atoms with Crippen molar-refractivity contribution in [3.05, 3.63) is 56.7 Å². The van der Waals surface area contributed by atoms with E-state index in [-0.39, 0.29) is 0 Å². The van der Waals surface area contributed by atoms with E-state index in [0.717, 1.165) is 17.7 Å². The molecular weight excluding hydrogens is 387 g/mol. The number of benzene rings is 2. The third-order valence-electron chi connectivity index (χ3n) is 3.84. The summed E-state index contributed by atoms with van der Waals surface area (Å²) in [6.07, 6.45) is 0.981. The van der Waals surface area contributed by atoms with Crippen molar-refractivity contribution in [2.75, 3.05) is 7.05 Å². The van der Waals surface area contributed by atoms with Gasteiger partial charge in [-0.15, -0.1) is 0 Å². The lowest BCUT2D eigenvalue weighted by Crippen LogP contribution is -2.27. The van der Waals surface area contributed by atoms with E-state index in [1.165, 1.54) is 25.8 Å². The van der Waals surface area contributed by atoms with Crippen LogP contribution in [0.2, 0.25) is 0 Å². The Morgan fingerprint density at radius 1 is 1.14 bits per heavy atom. The number of halogens is 1. The Morgan fingerprint density at radius 3 is 2.55 bits per heavy atom. The van der Waals surface area contributed by atoms with E-state index in [1.807, 2.05) is 6.92 Å². The Labute approximate surface area is 143 Å². The van der Waals surface area contributed by atoms with Gasteiger partial charge in [0.2, 0.25) is 5.96 Å². The first-order valence-corrected chi connectivity index (χ1v) is 8.11. The average molecular weight is 404 g/mol. The largest absolute Gasteiger partial charge is 0.369 e. The van der Waals surface area contributed by atoms with Crippen molar-refractivity contribution in [1.82, 2.24) is 5.43 Å². The number of hydrazone groups is 1. The van der Waals surface area contributed by atoms with Gasteiger partial charge in [-0.3, -0.25) is 4.99 Å². The molecule has 112 valence electrons. The molecule has 2 aromatic carbocycles. The van der Waals surface area contributed by atoms with Gasteiger partial charge in [0.15, 0.2) is 0 Å². The van der Waals surface area contributed by atoms with Crippen molar-refractivity contribution in [2.24, 2.45) is 15.8 Å². The first kappa shape index (κ1) is 15.0. The Bertz CT molecular complexity index is 793. The molecule has 3 rings (SSSR count). The van der Waals surface area contributed by atoms with Crippen LogP contribution in [0.1, 0.15) is 23.6 Å². The molecule has 0 saturated carbocycles.